The molecule has 0 radical (unpaired) electrons. The van der Waals surface area contributed by atoms with Gasteiger partial charge in [0.05, 0.1) is 6.61 Å². The number of benzene rings is 1. The molecule has 0 bridgehead atoms. The van der Waals surface area contributed by atoms with E-state index < -0.39 is 12.1 Å². The number of aliphatic hydroxyl groups excluding tert-OH is 1. The van der Waals surface area contributed by atoms with Crippen LogP contribution in [0.5, 0.6) is 0 Å². The van der Waals surface area contributed by atoms with Gasteiger partial charge in [0.1, 0.15) is 12.6 Å². The van der Waals surface area contributed by atoms with Crippen LogP contribution in [0.2, 0.25) is 0 Å². The molecule has 1 N–H and O–H groups in total. The molecule has 0 aromatic heterocycles. The van der Waals surface area contributed by atoms with E-state index in [0.29, 0.717) is 0 Å². The highest BCUT2D eigenvalue weighted by Gasteiger charge is 2.25. The van der Waals surface area contributed by atoms with Crippen LogP contribution in [-0.2, 0) is 16.1 Å². The lowest BCUT2D eigenvalue weighted by Crippen LogP contribution is -2.47. The van der Waals surface area contributed by atoms with Crippen LogP contribution in [0, 0.1) is 0 Å². The Morgan fingerprint density at radius 1 is 1.24 bits per heavy atom. The highest BCUT2D eigenvalue weighted by atomic mass is 16.6. The van der Waals surface area contributed by atoms with Crippen LogP contribution in [0.15, 0.2) is 30.3 Å². The van der Waals surface area contributed by atoms with E-state index in [1.165, 1.54) is 16.8 Å². The van der Waals surface area contributed by atoms with E-state index in [-0.39, 0.29) is 25.7 Å². The molecule has 0 spiro atoms. The van der Waals surface area contributed by atoms with E-state index in [1.807, 2.05) is 30.3 Å². The number of aliphatic hydroxyl groups is 1. The number of carbonyl (C=O) groups is 2. The Hall–Kier alpha value is -2.08. The van der Waals surface area contributed by atoms with E-state index >= 15 is 0 Å². The predicted octanol–water partition coefficient (Wildman–Crippen LogP) is 1.09. The SMILES string of the molecule is C[C@@H](C(=O)N(C)CCO)N(C)C(=O)OCc1ccccc1. The number of rotatable bonds is 6. The molecule has 1 aromatic rings. The minimum absolute atomic E-state index is 0.114. The van der Waals surface area contributed by atoms with Crippen LogP contribution in [0.1, 0.15) is 12.5 Å². The van der Waals surface area contributed by atoms with Crippen molar-refractivity contribution >= 4 is 12.0 Å². The van der Waals surface area contributed by atoms with Gasteiger partial charge in [0.2, 0.25) is 5.91 Å². The summed E-state index contributed by atoms with van der Waals surface area (Å²) in [6.07, 6.45) is -0.558. The largest absolute Gasteiger partial charge is 0.445 e. The summed E-state index contributed by atoms with van der Waals surface area (Å²) in [5, 5.41) is 8.83. The molecule has 116 valence electrons. The molecule has 1 atom stereocenters. The molecular formula is C15H22N2O4. The molecule has 0 aliphatic heterocycles. The first-order chi connectivity index (χ1) is 9.97. The Labute approximate surface area is 124 Å². The Balaban J connectivity index is 2.51. The number of hydrogen-bond acceptors (Lipinski definition) is 4. The third-order valence-electron chi connectivity index (χ3n) is 3.24. The molecule has 6 nitrogen and oxygen atoms in total. The van der Waals surface area contributed by atoms with Crippen molar-refractivity contribution in [2.45, 2.75) is 19.6 Å². The first kappa shape index (κ1) is 17.0. The predicted molar refractivity (Wildman–Crippen MR) is 78.6 cm³/mol. The third kappa shape index (κ3) is 5.07. The number of ether oxygens (including phenoxy) is 1. The lowest BCUT2D eigenvalue weighted by molar-refractivity contribution is -0.134. The maximum Gasteiger partial charge on any atom is 0.410 e. The summed E-state index contributed by atoms with van der Waals surface area (Å²) in [4.78, 5) is 26.6. The molecule has 2 amide bonds. The molecule has 6 heteroatoms. The van der Waals surface area contributed by atoms with Gasteiger partial charge in [-0.25, -0.2) is 4.79 Å². The van der Waals surface area contributed by atoms with Gasteiger partial charge in [-0.2, -0.15) is 0 Å². The molecule has 21 heavy (non-hydrogen) atoms. The maximum atomic E-state index is 12.0. The Kier molecular flexibility index (Phi) is 6.68. The molecule has 1 rings (SSSR count). The summed E-state index contributed by atoms with van der Waals surface area (Å²) >= 11 is 0. The van der Waals surface area contributed by atoms with Crippen molar-refractivity contribution in [1.29, 1.82) is 0 Å². The van der Waals surface area contributed by atoms with Gasteiger partial charge in [-0.3, -0.25) is 9.69 Å². The van der Waals surface area contributed by atoms with E-state index in [2.05, 4.69) is 0 Å². The van der Waals surface area contributed by atoms with E-state index in [9.17, 15) is 9.59 Å². The van der Waals surface area contributed by atoms with E-state index in [0.717, 1.165) is 5.56 Å². The van der Waals surface area contributed by atoms with Crippen molar-refractivity contribution in [3.8, 4) is 0 Å². The van der Waals surface area contributed by atoms with Crippen molar-refractivity contribution in [1.82, 2.24) is 9.80 Å². The van der Waals surface area contributed by atoms with Gasteiger partial charge >= 0.3 is 6.09 Å². The van der Waals surface area contributed by atoms with Gasteiger partial charge < -0.3 is 14.7 Å². The Morgan fingerprint density at radius 3 is 2.43 bits per heavy atom. The van der Waals surface area contributed by atoms with Gasteiger partial charge in [-0.05, 0) is 12.5 Å². The van der Waals surface area contributed by atoms with Gasteiger partial charge in [0, 0.05) is 20.6 Å². The highest BCUT2D eigenvalue weighted by Crippen LogP contribution is 2.06. The summed E-state index contributed by atoms with van der Waals surface area (Å²) in [7, 11) is 3.10. The normalized spacial score (nSPS) is 11.6. The quantitative estimate of drug-likeness (QED) is 0.853. The van der Waals surface area contributed by atoms with E-state index in [4.69, 9.17) is 9.84 Å². The fourth-order valence-corrected chi connectivity index (χ4v) is 1.72. The second-order valence-corrected chi connectivity index (χ2v) is 4.81. The van der Waals surface area contributed by atoms with Crippen molar-refractivity contribution < 1.29 is 19.4 Å². The fraction of sp³-hybridized carbons (Fsp3) is 0.467. The van der Waals surface area contributed by atoms with Gasteiger partial charge in [-0.15, -0.1) is 0 Å². The lowest BCUT2D eigenvalue weighted by atomic mass is 10.2. The molecule has 0 heterocycles. The van der Waals surface area contributed by atoms with E-state index in [1.54, 1.807) is 14.0 Å². The first-order valence-electron chi connectivity index (χ1n) is 6.76. The number of likely N-dealkylation sites (N-methyl/N-ethyl adjacent to an activating group) is 2. The van der Waals surface area contributed by atoms with Crippen molar-refractivity contribution in [2.24, 2.45) is 0 Å². The van der Waals surface area contributed by atoms with Crippen LogP contribution in [0.4, 0.5) is 4.79 Å². The topological polar surface area (TPSA) is 70.1 Å². The molecule has 0 saturated carbocycles. The third-order valence-corrected chi connectivity index (χ3v) is 3.24. The summed E-state index contributed by atoms with van der Waals surface area (Å²) < 4.78 is 5.17. The second-order valence-electron chi connectivity index (χ2n) is 4.81. The van der Waals surface area contributed by atoms with Crippen LogP contribution in [0.25, 0.3) is 0 Å². The average molecular weight is 294 g/mol. The molecule has 0 aliphatic rings. The Bertz CT molecular complexity index is 464. The maximum absolute atomic E-state index is 12.0. The minimum Gasteiger partial charge on any atom is -0.445 e. The molecular weight excluding hydrogens is 272 g/mol. The number of amides is 2. The molecule has 0 aliphatic carbocycles. The zero-order chi connectivity index (χ0) is 15.8. The summed E-state index contributed by atoms with van der Waals surface area (Å²) in [5.41, 5.74) is 0.885. The first-order valence-corrected chi connectivity index (χ1v) is 6.76. The fourth-order valence-electron chi connectivity index (χ4n) is 1.72. The smallest absolute Gasteiger partial charge is 0.410 e. The highest BCUT2D eigenvalue weighted by molar-refractivity contribution is 5.85. The summed E-state index contributed by atoms with van der Waals surface area (Å²) in [5.74, 6) is -0.247. The minimum atomic E-state index is -0.648. The van der Waals surface area contributed by atoms with Crippen LogP contribution < -0.4 is 0 Å². The zero-order valence-corrected chi connectivity index (χ0v) is 12.7. The van der Waals surface area contributed by atoms with Crippen LogP contribution >= 0.6 is 0 Å². The van der Waals surface area contributed by atoms with Gasteiger partial charge in [0.15, 0.2) is 0 Å². The van der Waals surface area contributed by atoms with Crippen molar-refractivity contribution in [2.75, 3.05) is 27.2 Å². The van der Waals surface area contributed by atoms with Gasteiger partial charge in [-0.1, -0.05) is 30.3 Å². The van der Waals surface area contributed by atoms with Gasteiger partial charge in [0.25, 0.3) is 0 Å². The zero-order valence-electron chi connectivity index (χ0n) is 12.7. The lowest BCUT2D eigenvalue weighted by Gasteiger charge is -2.27. The average Bonchev–Trinajstić information content (AvgIpc) is 2.51. The number of nitrogens with zero attached hydrogens (tertiary/aromatic N) is 2. The molecule has 0 fully saturated rings. The standard InChI is InChI=1S/C15H22N2O4/c1-12(14(19)16(2)9-10-18)17(3)15(20)21-11-13-7-5-4-6-8-13/h4-8,12,18H,9-11H2,1-3H3/t12-/m0/s1. The molecule has 0 unspecified atom stereocenters. The van der Waals surface area contributed by atoms with Crippen LogP contribution in [0.3, 0.4) is 0 Å². The number of hydrogen-bond donors (Lipinski definition) is 1. The van der Waals surface area contributed by atoms with Crippen molar-refractivity contribution in [3.63, 3.8) is 0 Å². The molecule has 0 saturated heterocycles. The summed E-state index contributed by atoms with van der Waals surface area (Å²) in [6, 6.07) is 8.68. The van der Waals surface area contributed by atoms with Crippen LogP contribution in [-0.4, -0.2) is 60.2 Å². The number of carbonyl (C=O) groups excluding carboxylic acids is 2. The Morgan fingerprint density at radius 2 is 1.86 bits per heavy atom. The van der Waals surface area contributed by atoms with Crippen molar-refractivity contribution in [3.05, 3.63) is 35.9 Å². The molecule has 1 aromatic carbocycles. The second kappa shape index (κ2) is 8.26. The summed E-state index contributed by atoms with van der Waals surface area (Å²) in [6.45, 7) is 1.91. The monoisotopic (exact) mass is 294 g/mol.